The highest BCUT2D eigenvalue weighted by atomic mass is 35.5. The van der Waals surface area contributed by atoms with E-state index in [9.17, 15) is 9.90 Å². The lowest BCUT2D eigenvalue weighted by molar-refractivity contribution is -0.135. The molecule has 1 N–H and O–H groups in total. The molecule has 0 aliphatic heterocycles. The Labute approximate surface area is 131 Å². The van der Waals surface area contributed by atoms with Gasteiger partial charge in [-0.05, 0) is 43.9 Å². The molecule has 0 bridgehead atoms. The van der Waals surface area contributed by atoms with Gasteiger partial charge in [0.2, 0.25) is 5.91 Å². The monoisotopic (exact) mass is 309 g/mol. The first-order valence-electron chi connectivity index (χ1n) is 7.81. The van der Waals surface area contributed by atoms with Crippen molar-refractivity contribution in [3.63, 3.8) is 0 Å². The van der Waals surface area contributed by atoms with Crippen molar-refractivity contribution in [2.75, 3.05) is 0 Å². The van der Waals surface area contributed by atoms with E-state index in [1.807, 2.05) is 0 Å². The average Bonchev–Trinajstić information content (AvgIpc) is 2.96. The predicted molar refractivity (Wildman–Crippen MR) is 85.7 cm³/mol. The van der Waals surface area contributed by atoms with E-state index in [4.69, 9.17) is 11.6 Å². The molecule has 1 aromatic rings. The third-order valence-corrected chi connectivity index (χ3v) is 4.74. The van der Waals surface area contributed by atoms with Gasteiger partial charge in [-0.2, -0.15) is 0 Å². The lowest BCUT2D eigenvalue weighted by Crippen LogP contribution is -2.45. The molecule has 1 fully saturated rings. The molecule has 1 amide bonds. The number of carbonyl (C=O) groups is 1. The third kappa shape index (κ3) is 3.91. The second kappa shape index (κ2) is 7.17. The molecule has 1 unspecified atom stereocenters. The van der Waals surface area contributed by atoms with Crippen LogP contribution in [-0.4, -0.2) is 28.0 Å². The Balaban J connectivity index is 2.11. The van der Waals surface area contributed by atoms with Gasteiger partial charge in [-0.1, -0.05) is 37.4 Å². The van der Waals surface area contributed by atoms with Crippen LogP contribution in [0.15, 0.2) is 18.2 Å². The summed E-state index contributed by atoms with van der Waals surface area (Å²) in [7, 11) is 0. The summed E-state index contributed by atoms with van der Waals surface area (Å²) in [5.74, 6) is 0.223. The van der Waals surface area contributed by atoms with Crippen LogP contribution in [0.25, 0.3) is 0 Å². The van der Waals surface area contributed by atoms with E-state index in [1.165, 1.54) is 12.8 Å². The number of benzene rings is 1. The molecule has 1 aliphatic carbocycles. The molecule has 1 atom stereocenters. The molecule has 1 saturated carbocycles. The summed E-state index contributed by atoms with van der Waals surface area (Å²) >= 11 is 5.92. The van der Waals surface area contributed by atoms with Crippen molar-refractivity contribution in [1.82, 2.24) is 4.90 Å². The van der Waals surface area contributed by atoms with Crippen molar-refractivity contribution in [3.05, 3.63) is 28.8 Å². The first-order valence-corrected chi connectivity index (χ1v) is 8.19. The lowest BCUT2D eigenvalue weighted by Gasteiger charge is -2.34. The molecule has 0 aromatic heterocycles. The van der Waals surface area contributed by atoms with Crippen molar-refractivity contribution in [2.45, 2.75) is 64.5 Å². The number of aromatic hydroxyl groups is 1. The number of nitrogens with zero attached hydrogens (tertiary/aromatic N) is 1. The number of phenolic OH excluding ortho intramolecular Hbond substituents is 1. The van der Waals surface area contributed by atoms with Crippen molar-refractivity contribution in [1.29, 1.82) is 0 Å². The Hall–Kier alpha value is -1.22. The fraction of sp³-hybridized carbons (Fsp3) is 0.588. The van der Waals surface area contributed by atoms with Gasteiger partial charge in [-0.25, -0.2) is 0 Å². The zero-order valence-electron chi connectivity index (χ0n) is 12.8. The van der Waals surface area contributed by atoms with Crippen molar-refractivity contribution < 1.29 is 9.90 Å². The molecular formula is C17H24ClNO2. The Kier molecular flexibility index (Phi) is 5.51. The molecule has 21 heavy (non-hydrogen) atoms. The summed E-state index contributed by atoms with van der Waals surface area (Å²) in [5.41, 5.74) is 0.856. The topological polar surface area (TPSA) is 40.5 Å². The second-order valence-corrected chi connectivity index (χ2v) is 6.37. The number of hydrogen-bond donors (Lipinski definition) is 1. The minimum atomic E-state index is 0.0578. The molecule has 3 nitrogen and oxygen atoms in total. The van der Waals surface area contributed by atoms with E-state index in [1.54, 1.807) is 18.2 Å². The normalized spacial score (nSPS) is 16.9. The van der Waals surface area contributed by atoms with Crippen LogP contribution >= 0.6 is 11.6 Å². The summed E-state index contributed by atoms with van der Waals surface area (Å²) in [6.07, 6.45) is 5.99. The molecule has 0 spiro atoms. The Morgan fingerprint density at radius 3 is 2.67 bits per heavy atom. The molecule has 0 saturated heterocycles. The fourth-order valence-electron chi connectivity index (χ4n) is 3.11. The minimum absolute atomic E-state index is 0.0578. The standard InChI is InChI=1S/C17H24ClNO2/c1-3-12(2)19(14-6-4-5-7-14)17(21)11-13-8-9-16(20)15(18)10-13/h8-10,12,14,20H,3-7,11H2,1-2H3. The molecule has 0 heterocycles. The van der Waals surface area contributed by atoms with Crippen LogP contribution in [0, 0.1) is 0 Å². The maximum absolute atomic E-state index is 12.7. The van der Waals surface area contributed by atoms with Crippen LogP contribution in [-0.2, 0) is 11.2 Å². The Morgan fingerprint density at radius 2 is 2.10 bits per heavy atom. The Bertz CT molecular complexity index is 498. The summed E-state index contributed by atoms with van der Waals surface area (Å²) in [4.78, 5) is 14.8. The van der Waals surface area contributed by atoms with Crippen LogP contribution in [0.1, 0.15) is 51.5 Å². The van der Waals surface area contributed by atoms with E-state index in [2.05, 4.69) is 18.7 Å². The zero-order chi connectivity index (χ0) is 15.4. The Morgan fingerprint density at radius 1 is 1.43 bits per heavy atom. The van der Waals surface area contributed by atoms with Crippen LogP contribution < -0.4 is 0 Å². The van der Waals surface area contributed by atoms with E-state index >= 15 is 0 Å². The molecule has 1 aromatic carbocycles. The first-order chi connectivity index (χ1) is 10.0. The minimum Gasteiger partial charge on any atom is -0.506 e. The first kappa shape index (κ1) is 16.2. The summed E-state index contributed by atoms with van der Waals surface area (Å²) in [6.45, 7) is 4.25. The molecule has 116 valence electrons. The van der Waals surface area contributed by atoms with Gasteiger partial charge < -0.3 is 10.0 Å². The number of amides is 1. The molecule has 0 radical (unpaired) electrons. The van der Waals surface area contributed by atoms with Gasteiger partial charge >= 0.3 is 0 Å². The maximum Gasteiger partial charge on any atom is 0.227 e. The van der Waals surface area contributed by atoms with E-state index in [0.29, 0.717) is 17.5 Å². The van der Waals surface area contributed by atoms with E-state index in [-0.39, 0.29) is 17.7 Å². The third-order valence-electron chi connectivity index (χ3n) is 4.44. The van der Waals surface area contributed by atoms with Gasteiger partial charge in [0.05, 0.1) is 11.4 Å². The number of hydrogen-bond acceptors (Lipinski definition) is 2. The van der Waals surface area contributed by atoms with Crippen molar-refractivity contribution in [3.8, 4) is 5.75 Å². The van der Waals surface area contributed by atoms with Crippen LogP contribution in [0.5, 0.6) is 5.75 Å². The highest BCUT2D eigenvalue weighted by Crippen LogP contribution is 2.28. The lowest BCUT2D eigenvalue weighted by atomic mass is 10.1. The summed E-state index contributed by atoms with van der Waals surface area (Å²) in [5, 5.41) is 9.76. The number of halogens is 1. The quantitative estimate of drug-likeness (QED) is 0.887. The largest absolute Gasteiger partial charge is 0.506 e. The van der Waals surface area contributed by atoms with Crippen molar-refractivity contribution >= 4 is 17.5 Å². The fourth-order valence-corrected chi connectivity index (χ4v) is 3.32. The predicted octanol–water partition coefficient (Wildman–Crippen LogP) is 4.16. The van der Waals surface area contributed by atoms with Gasteiger partial charge in [-0.15, -0.1) is 0 Å². The zero-order valence-corrected chi connectivity index (χ0v) is 13.6. The second-order valence-electron chi connectivity index (χ2n) is 5.96. The smallest absolute Gasteiger partial charge is 0.227 e. The highest BCUT2D eigenvalue weighted by Gasteiger charge is 2.29. The number of carbonyl (C=O) groups excluding carboxylic acids is 1. The summed E-state index contributed by atoms with van der Waals surface area (Å²) < 4.78 is 0. The van der Waals surface area contributed by atoms with Gasteiger partial charge in [0.15, 0.2) is 0 Å². The molecule has 2 rings (SSSR count). The maximum atomic E-state index is 12.7. The van der Waals surface area contributed by atoms with E-state index < -0.39 is 0 Å². The van der Waals surface area contributed by atoms with Gasteiger partial charge in [0.1, 0.15) is 5.75 Å². The number of rotatable bonds is 5. The van der Waals surface area contributed by atoms with Gasteiger partial charge in [-0.3, -0.25) is 4.79 Å². The molecule has 1 aliphatic rings. The SMILES string of the molecule is CCC(C)N(C(=O)Cc1ccc(O)c(Cl)c1)C1CCCC1. The van der Waals surface area contributed by atoms with E-state index in [0.717, 1.165) is 24.8 Å². The van der Waals surface area contributed by atoms with Crippen LogP contribution in [0.4, 0.5) is 0 Å². The number of phenols is 1. The highest BCUT2D eigenvalue weighted by molar-refractivity contribution is 6.32. The molecule has 4 heteroatoms. The van der Waals surface area contributed by atoms with Crippen LogP contribution in [0.2, 0.25) is 5.02 Å². The van der Waals surface area contributed by atoms with Gasteiger partial charge in [0.25, 0.3) is 0 Å². The van der Waals surface area contributed by atoms with Crippen LogP contribution in [0.3, 0.4) is 0 Å². The summed E-state index contributed by atoms with van der Waals surface area (Å²) in [6, 6.07) is 5.66. The average molecular weight is 310 g/mol. The molecular weight excluding hydrogens is 286 g/mol. The van der Waals surface area contributed by atoms with Crippen molar-refractivity contribution in [2.24, 2.45) is 0 Å². The van der Waals surface area contributed by atoms with Gasteiger partial charge in [0, 0.05) is 12.1 Å².